The van der Waals surface area contributed by atoms with Gasteiger partial charge in [0.15, 0.2) is 0 Å². The van der Waals surface area contributed by atoms with Crippen molar-refractivity contribution in [2.45, 2.75) is 93.9 Å². The fraction of sp³-hybridized carbons (Fsp3) is 0.424. The normalized spacial score (nSPS) is 12.1. The number of nitrogens with zero attached hydrogens (tertiary/aromatic N) is 1. The lowest BCUT2D eigenvalue weighted by molar-refractivity contribution is -0.115. The average molecular weight is 470 g/mol. The maximum atomic E-state index is 13.1. The predicted molar refractivity (Wildman–Crippen MR) is 152 cm³/mol. The smallest absolute Gasteiger partial charge is 0.228 e. The van der Waals surface area contributed by atoms with Gasteiger partial charge < -0.3 is 0 Å². The molecule has 0 heterocycles. The van der Waals surface area contributed by atoms with Crippen molar-refractivity contribution in [3.8, 4) is 11.1 Å². The Hall–Kier alpha value is -2.87. The Morgan fingerprint density at radius 2 is 1.26 bits per heavy atom. The molecule has 0 saturated carbocycles. The van der Waals surface area contributed by atoms with E-state index in [9.17, 15) is 4.79 Å². The molecule has 0 radical (unpaired) electrons. The van der Waals surface area contributed by atoms with Gasteiger partial charge in [0.25, 0.3) is 0 Å². The molecule has 0 unspecified atom stereocenters. The molecule has 0 aliphatic carbocycles. The molecule has 3 rings (SSSR count). The van der Waals surface area contributed by atoms with Crippen molar-refractivity contribution in [1.29, 1.82) is 0 Å². The number of carbonyl (C=O) groups is 1. The van der Waals surface area contributed by atoms with Crippen LogP contribution in [0.1, 0.15) is 87.4 Å². The molecule has 3 aromatic carbocycles. The second-order valence-corrected chi connectivity index (χ2v) is 12.3. The summed E-state index contributed by atoms with van der Waals surface area (Å²) in [5.74, 6) is 0.0280. The summed E-state index contributed by atoms with van der Waals surface area (Å²) < 4.78 is 0. The topological polar surface area (TPSA) is 20.3 Å². The van der Waals surface area contributed by atoms with E-state index < -0.39 is 0 Å². The second-order valence-electron chi connectivity index (χ2n) is 12.3. The Labute approximate surface area is 213 Å². The van der Waals surface area contributed by atoms with Gasteiger partial charge in [0, 0.05) is 6.92 Å². The van der Waals surface area contributed by atoms with Crippen LogP contribution in [0.5, 0.6) is 0 Å². The summed E-state index contributed by atoms with van der Waals surface area (Å²) in [4.78, 5) is 15.0. The monoisotopic (exact) mass is 469 g/mol. The van der Waals surface area contributed by atoms with Crippen LogP contribution >= 0.6 is 0 Å². The van der Waals surface area contributed by atoms with Crippen molar-refractivity contribution in [3.63, 3.8) is 0 Å². The Morgan fingerprint density at radius 1 is 0.686 bits per heavy atom. The molecule has 0 aromatic heterocycles. The number of aryl methyl sites for hydroxylation is 5. The predicted octanol–water partition coefficient (Wildman–Crippen LogP) is 9.18. The van der Waals surface area contributed by atoms with Gasteiger partial charge in [-0.3, -0.25) is 9.69 Å². The first kappa shape index (κ1) is 26.7. The number of hydrogen-bond acceptors (Lipinski definition) is 1. The highest BCUT2D eigenvalue weighted by molar-refractivity contribution is 6.02. The zero-order chi connectivity index (χ0) is 26.5. The first-order valence-electron chi connectivity index (χ1n) is 12.7. The third-order valence-corrected chi connectivity index (χ3v) is 6.92. The molecule has 0 saturated heterocycles. The molecule has 0 spiro atoms. The van der Waals surface area contributed by atoms with E-state index in [4.69, 9.17) is 0 Å². The van der Waals surface area contributed by atoms with E-state index in [1.165, 1.54) is 38.9 Å². The molecule has 0 aliphatic rings. The Morgan fingerprint density at radius 3 is 1.71 bits per heavy atom. The lowest BCUT2D eigenvalue weighted by atomic mass is 9.82. The molecule has 2 nitrogen and oxygen atoms in total. The molecule has 0 bridgehead atoms. The SMILES string of the molecule is CC(=O)N(c1ccc(-c2c(C)cc(C(C)(C)C)cc2C)cc1C)c1c(C)cc(C)cc1C(C)(C)C. The van der Waals surface area contributed by atoms with E-state index in [1.807, 2.05) is 4.90 Å². The molecule has 2 heteroatoms. The van der Waals surface area contributed by atoms with Gasteiger partial charge in [-0.15, -0.1) is 0 Å². The lowest BCUT2D eigenvalue weighted by Crippen LogP contribution is -2.28. The van der Waals surface area contributed by atoms with Crippen LogP contribution in [0, 0.1) is 34.6 Å². The summed E-state index contributed by atoms with van der Waals surface area (Å²) >= 11 is 0. The van der Waals surface area contributed by atoms with E-state index in [0.29, 0.717) is 0 Å². The van der Waals surface area contributed by atoms with Crippen LogP contribution in [0.4, 0.5) is 11.4 Å². The Kier molecular flexibility index (Phi) is 7.10. The number of rotatable bonds is 3. The summed E-state index contributed by atoms with van der Waals surface area (Å²) in [6, 6.07) is 15.6. The molecule has 186 valence electrons. The van der Waals surface area contributed by atoms with E-state index in [0.717, 1.165) is 22.5 Å². The van der Waals surface area contributed by atoms with Crippen LogP contribution in [0.3, 0.4) is 0 Å². The zero-order valence-electron chi connectivity index (χ0n) is 23.9. The largest absolute Gasteiger partial charge is 0.280 e. The molecule has 0 fully saturated rings. The van der Waals surface area contributed by atoms with Gasteiger partial charge in [-0.2, -0.15) is 0 Å². The van der Waals surface area contributed by atoms with Crippen LogP contribution in [-0.4, -0.2) is 5.91 Å². The van der Waals surface area contributed by atoms with Crippen molar-refractivity contribution in [2.24, 2.45) is 0 Å². The third kappa shape index (κ3) is 5.37. The lowest BCUT2D eigenvalue weighted by Gasteiger charge is -2.32. The molecule has 3 aromatic rings. The first-order valence-corrected chi connectivity index (χ1v) is 12.7. The highest BCUT2D eigenvalue weighted by Gasteiger charge is 2.27. The van der Waals surface area contributed by atoms with Gasteiger partial charge in [0.1, 0.15) is 0 Å². The van der Waals surface area contributed by atoms with Gasteiger partial charge in [-0.25, -0.2) is 0 Å². The van der Waals surface area contributed by atoms with E-state index in [-0.39, 0.29) is 16.7 Å². The van der Waals surface area contributed by atoms with E-state index in [1.54, 1.807) is 6.92 Å². The van der Waals surface area contributed by atoms with Crippen LogP contribution in [0.2, 0.25) is 0 Å². The van der Waals surface area contributed by atoms with E-state index >= 15 is 0 Å². The van der Waals surface area contributed by atoms with Crippen LogP contribution in [0.15, 0.2) is 42.5 Å². The van der Waals surface area contributed by atoms with Crippen molar-refractivity contribution < 1.29 is 4.79 Å². The van der Waals surface area contributed by atoms with Crippen LogP contribution < -0.4 is 4.90 Å². The summed E-state index contributed by atoms with van der Waals surface area (Å²) in [5, 5.41) is 0. The number of amides is 1. The molecular formula is C33H43NO. The highest BCUT2D eigenvalue weighted by Crippen LogP contribution is 2.41. The molecule has 0 aliphatic heterocycles. The summed E-state index contributed by atoms with van der Waals surface area (Å²) in [5.41, 5.74) is 13.0. The molecule has 1 amide bonds. The number of anilines is 2. The maximum Gasteiger partial charge on any atom is 0.228 e. The Balaban J connectivity index is 2.20. The fourth-order valence-electron chi connectivity index (χ4n) is 5.19. The second kappa shape index (κ2) is 9.30. The number of hydrogen-bond donors (Lipinski definition) is 0. The standard InChI is InChI=1S/C33H43NO/c1-20-15-24(5)31(28(16-20)33(10,11)12)34(25(6)35)29-14-13-26(17-21(29)2)30-22(3)18-27(19-23(30)4)32(7,8)9/h13-19H,1-12H3. The van der Waals surface area contributed by atoms with Crippen molar-refractivity contribution in [3.05, 3.63) is 81.4 Å². The van der Waals surface area contributed by atoms with Crippen molar-refractivity contribution >= 4 is 17.3 Å². The van der Waals surface area contributed by atoms with Gasteiger partial charge in [-0.1, -0.05) is 77.4 Å². The zero-order valence-corrected chi connectivity index (χ0v) is 23.9. The molecule has 35 heavy (non-hydrogen) atoms. The van der Waals surface area contributed by atoms with Gasteiger partial charge in [0.05, 0.1) is 11.4 Å². The first-order chi connectivity index (χ1) is 16.0. The highest BCUT2D eigenvalue weighted by atomic mass is 16.2. The van der Waals surface area contributed by atoms with Crippen molar-refractivity contribution in [2.75, 3.05) is 4.90 Å². The molecule has 0 N–H and O–H groups in total. The van der Waals surface area contributed by atoms with Crippen LogP contribution in [0.25, 0.3) is 11.1 Å². The Bertz CT molecular complexity index is 1260. The number of benzene rings is 3. The molecule has 0 atom stereocenters. The van der Waals surface area contributed by atoms with E-state index in [2.05, 4.69) is 119 Å². The average Bonchev–Trinajstić information content (AvgIpc) is 2.68. The van der Waals surface area contributed by atoms with Gasteiger partial charge >= 0.3 is 0 Å². The summed E-state index contributed by atoms with van der Waals surface area (Å²) in [7, 11) is 0. The van der Waals surface area contributed by atoms with Gasteiger partial charge in [0.2, 0.25) is 5.91 Å². The van der Waals surface area contributed by atoms with Crippen LogP contribution in [-0.2, 0) is 15.6 Å². The minimum absolute atomic E-state index is 0.0280. The van der Waals surface area contributed by atoms with Gasteiger partial charge in [-0.05, 0) is 102 Å². The maximum absolute atomic E-state index is 13.1. The van der Waals surface area contributed by atoms with Crippen molar-refractivity contribution in [1.82, 2.24) is 0 Å². The number of carbonyl (C=O) groups excluding carboxylic acids is 1. The fourth-order valence-corrected chi connectivity index (χ4v) is 5.19. The quantitative estimate of drug-likeness (QED) is 0.374. The summed E-state index contributed by atoms with van der Waals surface area (Å²) in [6.45, 7) is 25.8. The third-order valence-electron chi connectivity index (χ3n) is 6.92. The minimum Gasteiger partial charge on any atom is -0.280 e. The summed E-state index contributed by atoms with van der Waals surface area (Å²) in [6.07, 6.45) is 0. The minimum atomic E-state index is -0.0866. The molecular weight excluding hydrogens is 426 g/mol.